The number of aliphatic carboxylic acids is 1. The van der Waals surface area contributed by atoms with Gasteiger partial charge in [0.1, 0.15) is 5.01 Å². The van der Waals surface area contributed by atoms with Crippen LogP contribution in [-0.2, 0) is 4.79 Å². The Labute approximate surface area is 114 Å². The van der Waals surface area contributed by atoms with E-state index in [0.717, 1.165) is 9.88 Å². The number of aliphatic hydroxyl groups excluding tert-OH is 1. The summed E-state index contributed by atoms with van der Waals surface area (Å²) in [5, 5.41) is 23.4. The lowest BCUT2D eigenvalue weighted by Gasteiger charge is -2.12. The topological polar surface area (TPSA) is 112 Å². The van der Waals surface area contributed by atoms with Gasteiger partial charge in [0.2, 0.25) is 0 Å². The molecule has 1 aromatic heterocycles. The molecule has 7 nitrogen and oxygen atoms in total. The van der Waals surface area contributed by atoms with Crippen LogP contribution in [0.5, 0.6) is 0 Å². The molecule has 2 amide bonds. The van der Waals surface area contributed by atoms with Gasteiger partial charge in [-0.05, 0) is 13.8 Å². The van der Waals surface area contributed by atoms with Crippen LogP contribution in [0.25, 0.3) is 0 Å². The van der Waals surface area contributed by atoms with E-state index in [2.05, 4.69) is 15.6 Å². The molecule has 0 aromatic carbocycles. The average Bonchev–Trinajstić information content (AvgIpc) is 2.75. The van der Waals surface area contributed by atoms with Crippen LogP contribution >= 0.6 is 11.3 Å². The summed E-state index contributed by atoms with van der Waals surface area (Å²) in [6.07, 6.45) is 0.242. The van der Waals surface area contributed by atoms with Crippen molar-refractivity contribution >= 4 is 23.3 Å². The number of nitrogens with one attached hydrogen (secondary N) is 2. The molecule has 0 saturated heterocycles. The van der Waals surface area contributed by atoms with Gasteiger partial charge in [-0.2, -0.15) is 0 Å². The van der Waals surface area contributed by atoms with Gasteiger partial charge in [0.15, 0.2) is 6.10 Å². The molecule has 1 unspecified atom stereocenters. The number of urea groups is 1. The van der Waals surface area contributed by atoms with Gasteiger partial charge in [-0.15, -0.1) is 11.3 Å². The standard InChI is InChI=1S/C11H17N3O4S/c1-6-5-13-9(19-6)7(2)14-11(18)12-4-3-8(15)10(16)17/h5,7-8,15H,3-4H2,1-2H3,(H,16,17)(H2,12,14,18)/t7?,8-/m0/s1. The van der Waals surface area contributed by atoms with Crippen molar-refractivity contribution in [2.75, 3.05) is 6.54 Å². The smallest absolute Gasteiger partial charge is 0.332 e. The number of hydrogen-bond acceptors (Lipinski definition) is 5. The highest BCUT2D eigenvalue weighted by Gasteiger charge is 2.15. The number of aliphatic hydroxyl groups is 1. The largest absolute Gasteiger partial charge is 0.479 e. The zero-order valence-electron chi connectivity index (χ0n) is 10.7. The molecule has 0 aliphatic rings. The first-order valence-corrected chi connectivity index (χ1v) is 6.59. The molecule has 0 bridgehead atoms. The molecule has 0 fully saturated rings. The second-order valence-corrected chi connectivity index (χ2v) is 5.34. The Balaban J connectivity index is 2.29. The minimum absolute atomic E-state index is 0.0342. The molecule has 1 heterocycles. The number of carboxylic acids is 1. The summed E-state index contributed by atoms with van der Waals surface area (Å²) in [6.45, 7) is 3.83. The van der Waals surface area contributed by atoms with Gasteiger partial charge >= 0.3 is 12.0 Å². The number of carbonyl (C=O) groups is 2. The maximum atomic E-state index is 11.5. The summed E-state index contributed by atoms with van der Waals surface area (Å²) in [5.74, 6) is -1.30. The first-order valence-electron chi connectivity index (χ1n) is 5.77. The maximum absolute atomic E-state index is 11.5. The SMILES string of the molecule is Cc1cnc(C(C)NC(=O)NCC[C@H](O)C(=O)O)s1. The van der Waals surface area contributed by atoms with Crippen LogP contribution in [0.1, 0.15) is 29.3 Å². The molecule has 0 spiro atoms. The van der Waals surface area contributed by atoms with Crippen molar-refractivity contribution in [2.45, 2.75) is 32.4 Å². The van der Waals surface area contributed by atoms with E-state index in [1.54, 1.807) is 6.20 Å². The minimum Gasteiger partial charge on any atom is -0.479 e. The number of aryl methyl sites for hydroxylation is 1. The lowest BCUT2D eigenvalue weighted by atomic mass is 10.2. The fourth-order valence-electron chi connectivity index (χ4n) is 1.33. The summed E-state index contributed by atoms with van der Waals surface area (Å²) in [6, 6.07) is -0.638. The number of rotatable bonds is 6. The number of hydrogen-bond donors (Lipinski definition) is 4. The normalized spacial score (nSPS) is 13.6. The first-order chi connectivity index (χ1) is 8.90. The summed E-state index contributed by atoms with van der Waals surface area (Å²) < 4.78 is 0. The van der Waals surface area contributed by atoms with Crippen LogP contribution in [0.15, 0.2) is 6.20 Å². The van der Waals surface area contributed by atoms with E-state index in [0.29, 0.717) is 0 Å². The van der Waals surface area contributed by atoms with Crippen LogP contribution < -0.4 is 10.6 Å². The number of amides is 2. The Morgan fingerprint density at radius 2 is 2.21 bits per heavy atom. The third-order valence-corrected chi connectivity index (χ3v) is 3.44. The highest BCUT2D eigenvalue weighted by molar-refractivity contribution is 7.11. The number of aromatic nitrogens is 1. The molecule has 4 N–H and O–H groups in total. The Bertz CT molecular complexity index is 449. The van der Waals surface area contributed by atoms with Crippen molar-refractivity contribution < 1.29 is 19.8 Å². The molecule has 106 valence electrons. The van der Waals surface area contributed by atoms with Gasteiger partial charge in [0.05, 0.1) is 6.04 Å². The van der Waals surface area contributed by atoms with E-state index in [-0.39, 0.29) is 19.0 Å². The lowest BCUT2D eigenvalue weighted by molar-refractivity contribution is -0.146. The fourth-order valence-corrected chi connectivity index (χ4v) is 2.10. The van der Waals surface area contributed by atoms with Crippen LogP contribution in [0.3, 0.4) is 0 Å². The molecule has 2 atom stereocenters. The van der Waals surface area contributed by atoms with Crippen molar-refractivity contribution in [1.82, 2.24) is 15.6 Å². The van der Waals surface area contributed by atoms with Crippen LogP contribution in [0.2, 0.25) is 0 Å². The summed E-state index contributed by atoms with van der Waals surface area (Å²) in [7, 11) is 0. The highest BCUT2D eigenvalue weighted by atomic mass is 32.1. The quantitative estimate of drug-likeness (QED) is 0.613. The van der Waals surface area contributed by atoms with Crippen LogP contribution in [0.4, 0.5) is 4.79 Å². The zero-order chi connectivity index (χ0) is 14.4. The Morgan fingerprint density at radius 3 is 2.74 bits per heavy atom. The molecule has 19 heavy (non-hydrogen) atoms. The fraction of sp³-hybridized carbons (Fsp3) is 0.545. The van der Waals surface area contributed by atoms with Crippen molar-refractivity contribution in [2.24, 2.45) is 0 Å². The molecule has 0 aliphatic heterocycles. The Morgan fingerprint density at radius 1 is 1.53 bits per heavy atom. The summed E-state index contributed by atoms with van der Waals surface area (Å²) >= 11 is 1.50. The van der Waals surface area contributed by atoms with E-state index >= 15 is 0 Å². The molecule has 0 aliphatic carbocycles. The molecular weight excluding hydrogens is 270 g/mol. The zero-order valence-corrected chi connectivity index (χ0v) is 11.5. The number of carbonyl (C=O) groups excluding carboxylic acids is 1. The Hall–Kier alpha value is -1.67. The van der Waals surface area contributed by atoms with Gasteiger partial charge in [-0.3, -0.25) is 0 Å². The third kappa shape index (κ3) is 5.23. The van der Waals surface area contributed by atoms with E-state index in [4.69, 9.17) is 10.2 Å². The van der Waals surface area contributed by atoms with E-state index in [9.17, 15) is 9.59 Å². The van der Waals surface area contributed by atoms with E-state index < -0.39 is 18.1 Å². The molecule has 1 aromatic rings. The van der Waals surface area contributed by atoms with E-state index in [1.807, 2.05) is 13.8 Å². The van der Waals surface area contributed by atoms with Gasteiger partial charge in [0.25, 0.3) is 0 Å². The molecule has 1 rings (SSSR count). The average molecular weight is 287 g/mol. The monoisotopic (exact) mass is 287 g/mol. The van der Waals surface area contributed by atoms with Crippen molar-refractivity contribution in [1.29, 1.82) is 0 Å². The minimum atomic E-state index is -1.46. The van der Waals surface area contributed by atoms with Gasteiger partial charge < -0.3 is 20.8 Å². The third-order valence-electron chi connectivity index (χ3n) is 2.35. The van der Waals surface area contributed by atoms with Crippen LogP contribution in [0, 0.1) is 6.92 Å². The van der Waals surface area contributed by atoms with Gasteiger partial charge in [0, 0.05) is 24.0 Å². The molecule has 0 radical (unpaired) electrons. The summed E-state index contributed by atoms with van der Waals surface area (Å²) in [4.78, 5) is 27.1. The predicted molar refractivity (Wildman–Crippen MR) is 70.1 cm³/mol. The first kappa shape index (κ1) is 15.4. The van der Waals surface area contributed by atoms with Crippen molar-refractivity contribution in [3.05, 3.63) is 16.1 Å². The summed E-state index contributed by atoms with van der Waals surface area (Å²) in [5.41, 5.74) is 0. The van der Waals surface area contributed by atoms with Crippen molar-refractivity contribution in [3.63, 3.8) is 0 Å². The number of carboxylic acid groups (broad SMARTS) is 1. The molecule has 0 saturated carbocycles. The number of thiazole rings is 1. The highest BCUT2D eigenvalue weighted by Crippen LogP contribution is 2.18. The predicted octanol–water partition coefficient (Wildman–Crippen LogP) is 0.647. The Kier molecular flexibility index (Phi) is 5.71. The molecule has 8 heteroatoms. The van der Waals surface area contributed by atoms with Crippen LogP contribution in [-0.4, -0.2) is 39.8 Å². The lowest BCUT2D eigenvalue weighted by Crippen LogP contribution is -2.38. The maximum Gasteiger partial charge on any atom is 0.332 e. The second kappa shape index (κ2) is 7.05. The molecular formula is C11H17N3O4S. The van der Waals surface area contributed by atoms with Gasteiger partial charge in [-0.25, -0.2) is 14.6 Å². The van der Waals surface area contributed by atoms with E-state index in [1.165, 1.54) is 11.3 Å². The second-order valence-electron chi connectivity index (χ2n) is 4.07. The number of nitrogens with zero attached hydrogens (tertiary/aromatic N) is 1. The van der Waals surface area contributed by atoms with Crippen molar-refractivity contribution in [3.8, 4) is 0 Å². The van der Waals surface area contributed by atoms with Gasteiger partial charge in [-0.1, -0.05) is 0 Å².